The van der Waals surface area contributed by atoms with Gasteiger partial charge in [-0.25, -0.2) is 0 Å². The monoisotopic (exact) mass is 332 g/mol. The summed E-state index contributed by atoms with van der Waals surface area (Å²) in [6.45, 7) is 4.15. The molecule has 0 spiro atoms. The van der Waals surface area contributed by atoms with Gasteiger partial charge < -0.3 is 9.80 Å². The predicted octanol–water partition coefficient (Wildman–Crippen LogP) is 1.20. The van der Waals surface area contributed by atoms with Crippen molar-refractivity contribution in [3.63, 3.8) is 0 Å². The van der Waals surface area contributed by atoms with Crippen molar-refractivity contribution in [2.24, 2.45) is 0 Å². The van der Waals surface area contributed by atoms with E-state index in [1.54, 1.807) is 28.4 Å². The van der Waals surface area contributed by atoms with Crippen LogP contribution in [0.1, 0.15) is 15.9 Å². The quantitative estimate of drug-likeness (QED) is 0.676. The van der Waals surface area contributed by atoms with Crippen LogP contribution in [-0.2, 0) is 6.54 Å². The molecule has 7 heteroatoms. The third kappa shape index (κ3) is 3.75. The van der Waals surface area contributed by atoms with Gasteiger partial charge in [-0.2, -0.15) is 11.3 Å². The number of hydrogen-bond donors (Lipinski definition) is 1. The summed E-state index contributed by atoms with van der Waals surface area (Å²) in [6, 6.07) is 8.09. The first-order valence-corrected chi connectivity index (χ1v) is 8.46. The van der Waals surface area contributed by atoms with E-state index in [1.807, 2.05) is 0 Å². The standard InChI is InChI=1S/C16H17N3O3S/c20-16(14-2-1-3-15(10-14)19(21)22)18-7-5-17(6-8-18)11-13-4-9-23-12-13/h1-4,9-10,12H,5-8,11H2/p+1. The molecule has 1 amide bonds. The number of nitrogens with one attached hydrogen (secondary N) is 1. The van der Waals surface area contributed by atoms with Crippen molar-refractivity contribution in [2.45, 2.75) is 6.54 Å². The number of thiophene rings is 1. The molecule has 1 aliphatic heterocycles. The molecular weight excluding hydrogens is 314 g/mol. The molecule has 120 valence electrons. The lowest BCUT2D eigenvalue weighted by Gasteiger charge is -2.32. The van der Waals surface area contributed by atoms with E-state index in [9.17, 15) is 14.9 Å². The van der Waals surface area contributed by atoms with E-state index in [4.69, 9.17) is 0 Å². The van der Waals surface area contributed by atoms with Gasteiger partial charge in [0.1, 0.15) is 6.54 Å². The fraction of sp³-hybridized carbons (Fsp3) is 0.312. The molecule has 0 atom stereocenters. The summed E-state index contributed by atoms with van der Waals surface area (Å²) in [5.74, 6) is -0.122. The van der Waals surface area contributed by atoms with Gasteiger partial charge >= 0.3 is 0 Å². The summed E-state index contributed by atoms with van der Waals surface area (Å²) in [6.07, 6.45) is 0. The van der Waals surface area contributed by atoms with E-state index in [0.717, 1.165) is 19.6 Å². The summed E-state index contributed by atoms with van der Waals surface area (Å²) < 4.78 is 0. The number of nitro groups is 1. The largest absolute Gasteiger partial charge is 0.328 e. The van der Waals surface area contributed by atoms with Gasteiger partial charge in [-0.05, 0) is 22.9 Å². The highest BCUT2D eigenvalue weighted by Crippen LogP contribution is 2.15. The molecule has 6 nitrogen and oxygen atoms in total. The molecule has 1 fully saturated rings. The SMILES string of the molecule is O=C(c1cccc([N+](=O)[O-])c1)N1CC[NH+](Cc2ccsc2)CC1. The molecule has 2 heterocycles. The summed E-state index contributed by atoms with van der Waals surface area (Å²) >= 11 is 1.70. The number of benzene rings is 1. The van der Waals surface area contributed by atoms with Crippen molar-refractivity contribution in [1.82, 2.24) is 4.90 Å². The molecule has 0 unspecified atom stereocenters. The molecular formula is C16H18N3O3S+. The van der Waals surface area contributed by atoms with Gasteiger partial charge in [0.2, 0.25) is 0 Å². The van der Waals surface area contributed by atoms with Crippen LogP contribution in [0.4, 0.5) is 5.69 Å². The van der Waals surface area contributed by atoms with Gasteiger partial charge in [-0.3, -0.25) is 14.9 Å². The number of amides is 1. The van der Waals surface area contributed by atoms with Crippen LogP contribution >= 0.6 is 11.3 Å². The maximum absolute atomic E-state index is 12.5. The second-order valence-electron chi connectivity index (χ2n) is 5.66. The van der Waals surface area contributed by atoms with Crippen LogP contribution in [0.3, 0.4) is 0 Å². The van der Waals surface area contributed by atoms with Crippen LogP contribution in [0.2, 0.25) is 0 Å². The van der Waals surface area contributed by atoms with E-state index in [1.165, 1.54) is 22.6 Å². The highest BCUT2D eigenvalue weighted by molar-refractivity contribution is 7.07. The van der Waals surface area contributed by atoms with E-state index in [2.05, 4.69) is 16.8 Å². The maximum atomic E-state index is 12.5. The smallest absolute Gasteiger partial charge is 0.270 e. The number of nitro benzene ring substituents is 1. The zero-order valence-electron chi connectivity index (χ0n) is 12.6. The number of nitrogens with zero attached hydrogens (tertiary/aromatic N) is 2. The van der Waals surface area contributed by atoms with Crippen LogP contribution in [0.25, 0.3) is 0 Å². The normalized spacial score (nSPS) is 15.6. The molecule has 2 aromatic rings. The molecule has 1 saturated heterocycles. The molecule has 1 N–H and O–H groups in total. The second kappa shape index (κ2) is 6.89. The second-order valence-corrected chi connectivity index (χ2v) is 6.44. The first-order chi connectivity index (χ1) is 11.1. The Morgan fingerprint density at radius 3 is 2.74 bits per heavy atom. The van der Waals surface area contributed by atoms with E-state index in [-0.39, 0.29) is 11.6 Å². The lowest BCUT2D eigenvalue weighted by Crippen LogP contribution is -3.13. The molecule has 1 aromatic heterocycles. The highest BCUT2D eigenvalue weighted by Gasteiger charge is 2.25. The Bertz CT molecular complexity index is 694. The lowest BCUT2D eigenvalue weighted by molar-refractivity contribution is -0.917. The Labute approximate surface area is 138 Å². The van der Waals surface area contributed by atoms with Gasteiger partial charge in [0.05, 0.1) is 31.1 Å². The summed E-state index contributed by atoms with van der Waals surface area (Å²) in [7, 11) is 0. The van der Waals surface area contributed by atoms with Crippen LogP contribution in [0.5, 0.6) is 0 Å². The third-order valence-electron chi connectivity index (χ3n) is 4.10. The topological polar surface area (TPSA) is 67.9 Å². The zero-order valence-corrected chi connectivity index (χ0v) is 13.4. The summed E-state index contributed by atoms with van der Waals surface area (Å²) in [5, 5.41) is 15.1. The van der Waals surface area contributed by atoms with Crippen molar-refractivity contribution in [2.75, 3.05) is 26.2 Å². The summed E-state index contributed by atoms with van der Waals surface area (Å²) in [5.41, 5.74) is 1.68. The Hall–Kier alpha value is -2.25. The molecule has 3 rings (SSSR count). The Balaban J connectivity index is 1.60. The average Bonchev–Trinajstić information content (AvgIpc) is 3.08. The Morgan fingerprint density at radius 2 is 2.09 bits per heavy atom. The van der Waals surface area contributed by atoms with Crippen LogP contribution in [0.15, 0.2) is 41.1 Å². The molecule has 0 saturated carbocycles. The number of hydrogen-bond acceptors (Lipinski definition) is 4. The van der Waals surface area contributed by atoms with Crippen molar-refractivity contribution in [1.29, 1.82) is 0 Å². The van der Waals surface area contributed by atoms with Crippen molar-refractivity contribution >= 4 is 22.9 Å². The first kappa shape index (κ1) is 15.6. The minimum Gasteiger partial charge on any atom is -0.328 e. The lowest BCUT2D eigenvalue weighted by atomic mass is 10.1. The fourth-order valence-corrected chi connectivity index (χ4v) is 3.49. The van der Waals surface area contributed by atoms with E-state index < -0.39 is 4.92 Å². The minimum atomic E-state index is -0.472. The number of carbonyl (C=O) groups excluding carboxylic acids is 1. The van der Waals surface area contributed by atoms with Crippen LogP contribution in [0, 0.1) is 10.1 Å². The molecule has 0 bridgehead atoms. The van der Waals surface area contributed by atoms with E-state index >= 15 is 0 Å². The minimum absolute atomic E-state index is 0.0439. The van der Waals surface area contributed by atoms with Crippen molar-refractivity contribution < 1.29 is 14.6 Å². The van der Waals surface area contributed by atoms with Gasteiger partial charge in [-0.15, -0.1) is 0 Å². The number of non-ortho nitro benzene ring substituents is 1. The molecule has 1 aliphatic rings. The number of quaternary nitrogens is 1. The predicted molar refractivity (Wildman–Crippen MR) is 87.7 cm³/mol. The van der Waals surface area contributed by atoms with Crippen molar-refractivity contribution in [3.8, 4) is 0 Å². The first-order valence-electron chi connectivity index (χ1n) is 7.52. The molecule has 0 radical (unpaired) electrons. The van der Waals surface area contributed by atoms with Crippen LogP contribution in [-0.4, -0.2) is 41.9 Å². The fourth-order valence-electron chi connectivity index (χ4n) is 2.82. The van der Waals surface area contributed by atoms with Crippen LogP contribution < -0.4 is 4.90 Å². The van der Waals surface area contributed by atoms with Gasteiger partial charge in [0, 0.05) is 23.3 Å². The van der Waals surface area contributed by atoms with Crippen molar-refractivity contribution in [3.05, 3.63) is 62.3 Å². The highest BCUT2D eigenvalue weighted by atomic mass is 32.1. The summed E-state index contributed by atoms with van der Waals surface area (Å²) in [4.78, 5) is 26.1. The van der Waals surface area contributed by atoms with Gasteiger partial charge in [0.25, 0.3) is 11.6 Å². The van der Waals surface area contributed by atoms with Gasteiger partial charge in [0.15, 0.2) is 0 Å². The zero-order chi connectivity index (χ0) is 16.2. The molecule has 0 aliphatic carbocycles. The maximum Gasteiger partial charge on any atom is 0.270 e. The molecule has 23 heavy (non-hydrogen) atoms. The molecule has 1 aromatic carbocycles. The van der Waals surface area contributed by atoms with E-state index in [0.29, 0.717) is 18.7 Å². The Morgan fingerprint density at radius 1 is 1.30 bits per heavy atom. The number of carbonyl (C=O) groups is 1. The number of rotatable bonds is 4. The third-order valence-corrected chi connectivity index (χ3v) is 4.83. The average molecular weight is 332 g/mol. The number of piperazine rings is 1. The van der Waals surface area contributed by atoms with Gasteiger partial charge in [-0.1, -0.05) is 6.07 Å². The Kier molecular flexibility index (Phi) is 4.68.